The van der Waals surface area contributed by atoms with Crippen molar-refractivity contribution >= 4 is 5.97 Å². The summed E-state index contributed by atoms with van der Waals surface area (Å²) in [4.78, 5) is 11.4. The predicted octanol–water partition coefficient (Wildman–Crippen LogP) is 4.19. The van der Waals surface area contributed by atoms with Crippen molar-refractivity contribution in [3.8, 4) is 23.0 Å². The minimum Gasteiger partial charge on any atom is -0.478 e. The summed E-state index contributed by atoms with van der Waals surface area (Å²) in [5, 5.41) is 12.6. The van der Waals surface area contributed by atoms with Crippen molar-refractivity contribution in [1.29, 1.82) is 0 Å². The second kappa shape index (κ2) is 8.66. The molecule has 0 fully saturated rings. The second-order valence-corrected chi connectivity index (χ2v) is 5.82. The number of hydrogen-bond donors (Lipinski definition) is 2. The minimum absolute atomic E-state index is 0.294. The van der Waals surface area contributed by atoms with Crippen LogP contribution in [0, 0.1) is 11.8 Å². The average molecular weight is 341 g/mol. The Hall–Kier alpha value is -3.35. The second-order valence-electron chi connectivity index (χ2n) is 5.82. The van der Waals surface area contributed by atoms with E-state index in [9.17, 15) is 9.90 Å². The first-order chi connectivity index (χ1) is 12.7. The lowest BCUT2D eigenvalue weighted by Gasteiger charge is -2.06. The van der Waals surface area contributed by atoms with E-state index in [1.165, 1.54) is 5.56 Å². The molecule has 0 aliphatic carbocycles. The Morgan fingerprint density at radius 1 is 0.923 bits per heavy atom. The summed E-state index contributed by atoms with van der Waals surface area (Å²) in [6.07, 6.45) is 0. The molecule has 2 N–H and O–H groups in total. The van der Waals surface area contributed by atoms with Gasteiger partial charge in [-0.2, -0.15) is 0 Å². The maximum absolute atomic E-state index is 11.4. The van der Waals surface area contributed by atoms with Crippen LogP contribution in [0.15, 0.2) is 78.9 Å². The van der Waals surface area contributed by atoms with Gasteiger partial charge in [0.15, 0.2) is 0 Å². The first-order valence-electron chi connectivity index (χ1n) is 8.40. The number of hydrogen-bond acceptors (Lipinski definition) is 2. The van der Waals surface area contributed by atoms with Crippen molar-refractivity contribution in [3.05, 3.63) is 95.6 Å². The molecule has 0 amide bonds. The van der Waals surface area contributed by atoms with Crippen LogP contribution < -0.4 is 5.32 Å². The zero-order valence-corrected chi connectivity index (χ0v) is 14.3. The van der Waals surface area contributed by atoms with Gasteiger partial charge in [-0.1, -0.05) is 72.5 Å². The molecule has 26 heavy (non-hydrogen) atoms. The largest absolute Gasteiger partial charge is 0.478 e. The maximum atomic E-state index is 11.4. The highest BCUT2D eigenvalue weighted by Crippen LogP contribution is 2.24. The summed E-state index contributed by atoms with van der Waals surface area (Å²) in [6, 6.07) is 24.8. The van der Waals surface area contributed by atoms with Gasteiger partial charge >= 0.3 is 5.97 Å². The number of aromatic carboxylic acids is 1. The Morgan fingerprint density at radius 2 is 1.69 bits per heavy atom. The molecule has 0 saturated heterocycles. The van der Waals surface area contributed by atoms with Crippen molar-refractivity contribution in [2.75, 3.05) is 6.54 Å². The van der Waals surface area contributed by atoms with Crippen LogP contribution in [0.2, 0.25) is 0 Å². The van der Waals surface area contributed by atoms with Gasteiger partial charge in [0.2, 0.25) is 0 Å². The molecule has 0 aliphatic heterocycles. The van der Waals surface area contributed by atoms with Crippen molar-refractivity contribution in [2.45, 2.75) is 6.54 Å². The van der Waals surface area contributed by atoms with Crippen LogP contribution >= 0.6 is 0 Å². The minimum atomic E-state index is -0.929. The topological polar surface area (TPSA) is 49.3 Å². The molecule has 0 heterocycles. The van der Waals surface area contributed by atoms with Crippen LogP contribution in [0.3, 0.4) is 0 Å². The molecule has 0 saturated carbocycles. The molecule has 3 heteroatoms. The molecule has 0 spiro atoms. The van der Waals surface area contributed by atoms with E-state index >= 15 is 0 Å². The van der Waals surface area contributed by atoms with Gasteiger partial charge in [-0.05, 0) is 34.9 Å². The normalized spacial score (nSPS) is 10.0. The standard InChI is InChI=1S/C23H19NO2/c25-23(26)22-14-5-4-13-21(22)20-12-6-10-18(16-20)11-7-15-24-17-19-8-2-1-3-9-19/h1-6,8-10,12-14,16,24H,15,17H2,(H,25,26). The third kappa shape index (κ3) is 4.60. The van der Waals surface area contributed by atoms with Gasteiger partial charge in [-0.15, -0.1) is 0 Å². The molecule has 0 aromatic heterocycles. The molecular formula is C23H19NO2. The highest BCUT2D eigenvalue weighted by atomic mass is 16.4. The summed E-state index contributed by atoms with van der Waals surface area (Å²) in [5.41, 5.74) is 3.94. The van der Waals surface area contributed by atoms with E-state index in [-0.39, 0.29) is 0 Å². The molecule has 0 atom stereocenters. The third-order valence-corrected chi connectivity index (χ3v) is 3.95. The van der Waals surface area contributed by atoms with Crippen molar-refractivity contribution in [3.63, 3.8) is 0 Å². The molecule has 3 aromatic carbocycles. The smallest absolute Gasteiger partial charge is 0.336 e. The molecule has 3 rings (SSSR count). The van der Waals surface area contributed by atoms with E-state index in [1.54, 1.807) is 12.1 Å². The fourth-order valence-corrected chi connectivity index (χ4v) is 2.70. The van der Waals surface area contributed by atoms with Crippen LogP contribution in [-0.4, -0.2) is 17.6 Å². The SMILES string of the molecule is O=C(O)c1ccccc1-c1cccc(C#CCNCc2ccccc2)c1. The highest BCUT2D eigenvalue weighted by molar-refractivity contribution is 5.96. The Balaban J connectivity index is 1.68. The maximum Gasteiger partial charge on any atom is 0.336 e. The van der Waals surface area contributed by atoms with Crippen molar-refractivity contribution in [2.24, 2.45) is 0 Å². The molecule has 0 radical (unpaired) electrons. The van der Waals surface area contributed by atoms with Gasteiger partial charge in [0, 0.05) is 12.1 Å². The van der Waals surface area contributed by atoms with E-state index in [1.807, 2.05) is 54.6 Å². The van der Waals surface area contributed by atoms with Crippen LogP contribution in [0.25, 0.3) is 11.1 Å². The average Bonchev–Trinajstić information content (AvgIpc) is 2.69. The highest BCUT2D eigenvalue weighted by Gasteiger charge is 2.10. The lowest BCUT2D eigenvalue weighted by molar-refractivity contribution is 0.0697. The number of carboxylic acids is 1. The summed E-state index contributed by atoms with van der Waals surface area (Å²) in [7, 11) is 0. The first-order valence-corrected chi connectivity index (χ1v) is 8.40. The molecule has 0 bridgehead atoms. The van der Waals surface area contributed by atoms with Gasteiger partial charge in [0.25, 0.3) is 0 Å². The predicted molar refractivity (Wildman–Crippen MR) is 104 cm³/mol. The van der Waals surface area contributed by atoms with E-state index < -0.39 is 5.97 Å². The lowest BCUT2D eigenvalue weighted by atomic mass is 9.98. The third-order valence-electron chi connectivity index (χ3n) is 3.95. The van der Waals surface area contributed by atoms with E-state index in [2.05, 4.69) is 29.3 Å². The van der Waals surface area contributed by atoms with Crippen LogP contribution in [0.4, 0.5) is 0 Å². The number of rotatable bonds is 5. The Bertz CT molecular complexity index is 952. The van der Waals surface area contributed by atoms with E-state index in [0.717, 1.165) is 17.7 Å². The number of carboxylic acid groups (broad SMARTS) is 1. The Labute approximate surface area is 153 Å². The molecule has 128 valence electrons. The molecular weight excluding hydrogens is 322 g/mol. The van der Waals surface area contributed by atoms with Crippen LogP contribution in [-0.2, 0) is 6.54 Å². The fraction of sp³-hybridized carbons (Fsp3) is 0.0870. The number of benzene rings is 3. The summed E-state index contributed by atoms with van der Waals surface area (Å²) < 4.78 is 0. The van der Waals surface area contributed by atoms with Gasteiger partial charge in [0.05, 0.1) is 12.1 Å². The van der Waals surface area contributed by atoms with Gasteiger partial charge in [-0.25, -0.2) is 4.79 Å². The number of nitrogens with one attached hydrogen (secondary N) is 1. The van der Waals surface area contributed by atoms with Crippen LogP contribution in [0.5, 0.6) is 0 Å². The zero-order chi connectivity index (χ0) is 18.2. The molecule has 0 aliphatic rings. The fourth-order valence-electron chi connectivity index (χ4n) is 2.70. The van der Waals surface area contributed by atoms with Crippen molar-refractivity contribution in [1.82, 2.24) is 5.32 Å². The van der Waals surface area contributed by atoms with E-state index in [4.69, 9.17) is 0 Å². The van der Waals surface area contributed by atoms with Crippen LogP contribution in [0.1, 0.15) is 21.5 Å². The summed E-state index contributed by atoms with van der Waals surface area (Å²) in [6.45, 7) is 1.37. The first kappa shape index (κ1) is 17.5. The number of carbonyl (C=O) groups is 1. The van der Waals surface area contributed by atoms with E-state index in [0.29, 0.717) is 17.7 Å². The quantitative estimate of drug-likeness (QED) is 0.540. The van der Waals surface area contributed by atoms with Gasteiger partial charge in [0.1, 0.15) is 0 Å². The monoisotopic (exact) mass is 341 g/mol. The molecule has 0 unspecified atom stereocenters. The molecule has 3 aromatic rings. The van der Waals surface area contributed by atoms with Crippen molar-refractivity contribution < 1.29 is 9.90 Å². The Kier molecular flexibility index (Phi) is 5.82. The Morgan fingerprint density at radius 3 is 2.50 bits per heavy atom. The lowest BCUT2D eigenvalue weighted by Crippen LogP contribution is -2.12. The summed E-state index contributed by atoms with van der Waals surface area (Å²) in [5.74, 6) is 5.31. The van der Waals surface area contributed by atoms with Gasteiger partial charge in [-0.3, -0.25) is 0 Å². The summed E-state index contributed by atoms with van der Waals surface area (Å²) >= 11 is 0. The molecule has 3 nitrogen and oxygen atoms in total. The van der Waals surface area contributed by atoms with Gasteiger partial charge < -0.3 is 10.4 Å². The zero-order valence-electron chi connectivity index (χ0n) is 14.3.